The summed E-state index contributed by atoms with van der Waals surface area (Å²) >= 11 is 0. The molecule has 3 aliphatic rings. The molecule has 74 valence electrons. The lowest BCUT2D eigenvalue weighted by atomic mass is 9.85. The molecule has 2 atom stereocenters. The monoisotopic (exact) mass is 198 g/mol. The quantitative estimate of drug-likeness (QED) is 0.567. The van der Waals surface area contributed by atoms with Crippen LogP contribution in [0.2, 0.25) is 0 Å². The van der Waals surface area contributed by atoms with Gasteiger partial charge in [0.1, 0.15) is 13.7 Å². The molecule has 0 spiro atoms. The van der Waals surface area contributed by atoms with Gasteiger partial charge in [-0.05, 0) is 53.9 Å². The second-order valence-corrected chi connectivity index (χ2v) is 4.46. The van der Waals surface area contributed by atoms with Gasteiger partial charge in [0.05, 0.1) is 0 Å². The third-order valence-electron chi connectivity index (χ3n) is 3.55. The summed E-state index contributed by atoms with van der Waals surface area (Å²) in [6.45, 7) is 0. The molecule has 2 radical (unpaired) electrons. The van der Waals surface area contributed by atoms with Crippen molar-refractivity contribution in [3.05, 3.63) is 46.7 Å². The minimum absolute atomic E-state index is 0.243. The van der Waals surface area contributed by atoms with Crippen LogP contribution in [0.4, 0.5) is 4.39 Å². The molecule has 0 nitrogen and oxygen atoms in total. The Morgan fingerprint density at radius 3 is 2.93 bits per heavy atom. The van der Waals surface area contributed by atoms with Crippen LogP contribution in [0.1, 0.15) is 19.3 Å². The lowest BCUT2D eigenvalue weighted by Gasteiger charge is -2.20. The van der Waals surface area contributed by atoms with Crippen LogP contribution < -0.4 is 0 Å². The molecule has 1 fully saturated rings. The largest absolute Gasteiger partial charge is 0.208 e. The first kappa shape index (κ1) is 9.20. The van der Waals surface area contributed by atoms with Crippen LogP contribution in [0, 0.1) is 11.8 Å². The molecule has 0 amide bonds. The van der Waals surface area contributed by atoms with Gasteiger partial charge in [-0.1, -0.05) is 18.1 Å². The Balaban J connectivity index is 2.03. The lowest BCUT2D eigenvalue weighted by Crippen LogP contribution is -2.05. The second kappa shape index (κ2) is 3.23. The van der Waals surface area contributed by atoms with Crippen molar-refractivity contribution in [1.29, 1.82) is 0 Å². The summed E-state index contributed by atoms with van der Waals surface area (Å²) in [6, 6.07) is 0. The van der Waals surface area contributed by atoms with Crippen molar-refractivity contribution in [2.75, 3.05) is 0 Å². The molecule has 0 aliphatic heterocycles. The van der Waals surface area contributed by atoms with E-state index in [4.69, 9.17) is 7.85 Å². The number of allylic oxidation sites excluding steroid dienone is 7. The Hall–Kier alpha value is -1.05. The molecular formula is C13H12BF. The average molecular weight is 198 g/mol. The van der Waals surface area contributed by atoms with Gasteiger partial charge in [0.25, 0.3) is 0 Å². The first-order chi connectivity index (χ1) is 7.31. The van der Waals surface area contributed by atoms with Gasteiger partial charge in [-0.3, -0.25) is 0 Å². The third kappa shape index (κ3) is 1.35. The summed E-state index contributed by atoms with van der Waals surface area (Å²) in [7, 11) is 5.24. The molecule has 0 saturated heterocycles. The first-order valence-corrected chi connectivity index (χ1v) is 5.51. The van der Waals surface area contributed by atoms with Crippen molar-refractivity contribution >= 4 is 7.85 Å². The van der Waals surface area contributed by atoms with Gasteiger partial charge in [0, 0.05) is 0 Å². The summed E-state index contributed by atoms with van der Waals surface area (Å²) < 4.78 is 13.5. The van der Waals surface area contributed by atoms with E-state index >= 15 is 0 Å². The van der Waals surface area contributed by atoms with Crippen molar-refractivity contribution in [2.24, 2.45) is 11.8 Å². The van der Waals surface area contributed by atoms with Gasteiger partial charge in [-0.15, -0.1) is 0 Å². The Kier molecular flexibility index (Phi) is 1.98. The molecule has 15 heavy (non-hydrogen) atoms. The molecule has 1 unspecified atom stereocenters. The maximum Gasteiger partial charge on any atom is 0.112 e. The summed E-state index contributed by atoms with van der Waals surface area (Å²) in [5.41, 5.74) is 3.49. The first-order valence-electron chi connectivity index (χ1n) is 5.51. The topological polar surface area (TPSA) is 0 Å². The van der Waals surface area contributed by atoms with Crippen LogP contribution in [0.5, 0.6) is 0 Å². The van der Waals surface area contributed by atoms with Gasteiger partial charge in [-0.2, -0.15) is 0 Å². The molecule has 0 heterocycles. The molecule has 1 saturated carbocycles. The standard InChI is InChI=1S/C13H12BF/c14-7-13(15)12-5-8-3-1-2-4-9(8)10-6-11(10)12/h3-5,7,10-11H,1-2,6H2/b13-7-/t10?,11-/m0/s1. The van der Waals surface area contributed by atoms with Crippen molar-refractivity contribution < 1.29 is 4.39 Å². The highest BCUT2D eigenvalue weighted by atomic mass is 19.1. The highest BCUT2D eigenvalue weighted by molar-refractivity contribution is 6.17. The molecule has 0 N–H and O–H groups in total. The lowest BCUT2D eigenvalue weighted by molar-refractivity contribution is 0.628. The smallest absolute Gasteiger partial charge is 0.112 e. The van der Waals surface area contributed by atoms with Crippen LogP contribution in [0.25, 0.3) is 0 Å². The van der Waals surface area contributed by atoms with E-state index in [1.807, 2.05) is 6.08 Å². The minimum atomic E-state index is -0.243. The predicted octanol–water partition coefficient (Wildman–Crippen LogP) is 3.19. The van der Waals surface area contributed by atoms with E-state index < -0.39 is 0 Å². The summed E-state index contributed by atoms with van der Waals surface area (Å²) in [5.74, 6) is 1.81. The Morgan fingerprint density at radius 2 is 2.13 bits per heavy atom. The number of fused-ring (bicyclic) bond motifs is 3. The van der Waals surface area contributed by atoms with Gasteiger partial charge in [-0.25, -0.2) is 4.39 Å². The molecule has 3 rings (SSSR count). The number of halogens is 1. The van der Waals surface area contributed by atoms with Crippen LogP contribution in [0.3, 0.4) is 0 Å². The van der Waals surface area contributed by atoms with Gasteiger partial charge in [0.15, 0.2) is 0 Å². The molecule has 2 heteroatoms. The van der Waals surface area contributed by atoms with Gasteiger partial charge < -0.3 is 0 Å². The maximum atomic E-state index is 13.5. The van der Waals surface area contributed by atoms with E-state index in [1.54, 1.807) is 0 Å². The minimum Gasteiger partial charge on any atom is -0.208 e. The maximum absolute atomic E-state index is 13.5. The number of hydrogen-bond donors (Lipinski definition) is 0. The van der Waals surface area contributed by atoms with Crippen LogP contribution >= 0.6 is 0 Å². The fourth-order valence-electron chi connectivity index (χ4n) is 2.72. The van der Waals surface area contributed by atoms with Crippen LogP contribution in [-0.2, 0) is 0 Å². The Labute approximate surface area is 90.7 Å². The zero-order valence-corrected chi connectivity index (χ0v) is 8.54. The normalized spacial score (nSPS) is 33.4. The molecular weight excluding hydrogens is 186 g/mol. The summed E-state index contributed by atoms with van der Waals surface area (Å²) in [6.07, 6.45) is 9.83. The second-order valence-electron chi connectivity index (χ2n) is 4.46. The highest BCUT2D eigenvalue weighted by Crippen LogP contribution is 2.57. The molecule has 0 bridgehead atoms. The zero-order valence-electron chi connectivity index (χ0n) is 8.54. The van der Waals surface area contributed by atoms with Gasteiger partial charge >= 0.3 is 0 Å². The summed E-state index contributed by atoms with van der Waals surface area (Å²) in [4.78, 5) is 0. The Bertz CT molecular complexity index is 426. The molecule has 0 aromatic heterocycles. The molecule has 0 aromatic carbocycles. The van der Waals surface area contributed by atoms with E-state index in [9.17, 15) is 4.39 Å². The molecule has 3 aliphatic carbocycles. The highest BCUT2D eigenvalue weighted by Gasteiger charge is 2.46. The van der Waals surface area contributed by atoms with Gasteiger partial charge in [0.2, 0.25) is 0 Å². The predicted molar refractivity (Wildman–Crippen MR) is 60.0 cm³/mol. The van der Waals surface area contributed by atoms with Crippen LogP contribution in [-0.4, -0.2) is 7.85 Å². The fourth-order valence-corrected chi connectivity index (χ4v) is 2.72. The van der Waals surface area contributed by atoms with E-state index in [2.05, 4.69) is 12.2 Å². The van der Waals surface area contributed by atoms with Crippen LogP contribution in [0.15, 0.2) is 46.7 Å². The van der Waals surface area contributed by atoms with E-state index in [1.165, 1.54) is 11.1 Å². The van der Waals surface area contributed by atoms with Crippen molar-refractivity contribution in [3.8, 4) is 0 Å². The van der Waals surface area contributed by atoms with E-state index in [-0.39, 0.29) is 5.83 Å². The van der Waals surface area contributed by atoms with E-state index in [0.29, 0.717) is 11.8 Å². The van der Waals surface area contributed by atoms with Crippen molar-refractivity contribution in [3.63, 3.8) is 0 Å². The SMILES string of the molecule is [B]/C=C(\F)C1=CC2=CCCC=C2C2C[C@H]12. The Morgan fingerprint density at radius 1 is 1.33 bits per heavy atom. The zero-order chi connectivity index (χ0) is 10.4. The van der Waals surface area contributed by atoms with E-state index in [0.717, 1.165) is 30.8 Å². The number of hydrogen-bond acceptors (Lipinski definition) is 0. The number of rotatable bonds is 1. The summed E-state index contributed by atoms with van der Waals surface area (Å²) in [5, 5.41) is 0. The average Bonchev–Trinajstić information content (AvgIpc) is 3.07. The molecule has 0 aromatic rings. The van der Waals surface area contributed by atoms with Crippen molar-refractivity contribution in [1.82, 2.24) is 0 Å². The fraction of sp³-hybridized carbons (Fsp3) is 0.385. The third-order valence-corrected chi connectivity index (χ3v) is 3.55. The van der Waals surface area contributed by atoms with Crippen molar-refractivity contribution in [2.45, 2.75) is 19.3 Å².